The van der Waals surface area contributed by atoms with Gasteiger partial charge in [0.15, 0.2) is 5.78 Å². The molecule has 6 nitrogen and oxygen atoms in total. The van der Waals surface area contributed by atoms with Crippen molar-refractivity contribution >= 4 is 17.7 Å². The zero-order valence-electron chi connectivity index (χ0n) is 11.9. The van der Waals surface area contributed by atoms with Crippen molar-refractivity contribution in [3.8, 4) is 0 Å². The summed E-state index contributed by atoms with van der Waals surface area (Å²) in [7, 11) is 0. The normalized spacial score (nSPS) is 21.4. The monoisotopic (exact) mass is 289 g/mol. The van der Waals surface area contributed by atoms with Crippen LogP contribution in [0.25, 0.3) is 0 Å². The molecular weight excluding hydrogens is 270 g/mol. The number of hydrogen-bond donors (Lipinski definition) is 2. The fourth-order valence-electron chi connectivity index (χ4n) is 3.22. The third kappa shape index (κ3) is 2.46. The van der Waals surface area contributed by atoms with Gasteiger partial charge < -0.3 is 10.3 Å². The van der Waals surface area contributed by atoms with Crippen LogP contribution < -0.4 is 5.32 Å². The number of imide groups is 1. The number of Topliss-reactive ketones (excluding diaryl/α,β-unsaturated/α-hetero) is 1. The lowest BCUT2D eigenvalue weighted by Crippen LogP contribution is -2.46. The third-order valence-electron chi connectivity index (χ3n) is 4.40. The summed E-state index contributed by atoms with van der Waals surface area (Å²) in [5, 5.41) is 2.83. The quantitative estimate of drug-likeness (QED) is 0.658. The van der Waals surface area contributed by atoms with E-state index in [4.69, 9.17) is 0 Å². The number of nitrogens with one attached hydrogen (secondary N) is 2. The number of rotatable bonds is 3. The Balaban J connectivity index is 1.76. The number of H-pyrrole nitrogens is 1. The minimum absolute atomic E-state index is 0.201. The van der Waals surface area contributed by atoms with Crippen LogP contribution in [-0.4, -0.2) is 39.7 Å². The summed E-state index contributed by atoms with van der Waals surface area (Å²) in [4.78, 5) is 40.7. The first kappa shape index (κ1) is 13.9. The summed E-state index contributed by atoms with van der Waals surface area (Å²) in [6.45, 7) is -0.201. The molecule has 1 aliphatic heterocycles. The first-order valence-electron chi connectivity index (χ1n) is 7.43. The van der Waals surface area contributed by atoms with Gasteiger partial charge in [-0.25, -0.2) is 4.79 Å². The highest BCUT2D eigenvalue weighted by molar-refractivity contribution is 6.10. The largest absolute Gasteiger partial charge is 0.359 e. The molecule has 0 radical (unpaired) electrons. The lowest BCUT2D eigenvalue weighted by Gasteiger charge is -2.24. The van der Waals surface area contributed by atoms with Crippen molar-refractivity contribution in [2.45, 2.75) is 44.1 Å². The summed E-state index contributed by atoms with van der Waals surface area (Å²) in [5.41, 5.74) is -0.360. The average molecular weight is 289 g/mol. The first-order chi connectivity index (χ1) is 10.1. The molecule has 3 amide bonds. The molecule has 1 saturated heterocycles. The molecular formula is C15H19N3O3. The molecule has 1 spiro atoms. The van der Waals surface area contributed by atoms with Gasteiger partial charge in [-0.2, -0.15) is 0 Å². The standard InChI is InChI=1S/C15H19N3O3/c19-12(11-6-5-9-16-11)10-18-13(20)15(17-14(18)21)7-3-1-2-4-8-15/h5-6,9,16H,1-4,7-8,10H2,(H,17,21). The lowest BCUT2D eigenvalue weighted by atomic mass is 9.90. The number of aromatic amines is 1. The maximum Gasteiger partial charge on any atom is 0.325 e. The van der Waals surface area contributed by atoms with Crippen molar-refractivity contribution < 1.29 is 14.4 Å². The van der Waals surface area contributed by atoms with E-state index < -0.39 is 11.6 Å². The molecule has 0 atom stereocenters. The van der Waals surface area contributed by atoms with E-state index in [1.807, 2.05) is 0 Å². The lowest BCUT2D eigenvalue weighted by molar-refractivity contribution is -0.131. The Morgan fingerprint density at radius 3 is 2.52 bits per heavy atom. The number of aromatic nitrogens is 1. The highest BCUT2D eigenvalue weighted by Gasteiger charge is 2.51. The Kier molecular flexibility index (Phi) is 3.53. The number of carbonyl (C=O) groups excluding carboxylic acids is 3. The molecule has 1 aromatic heterocycles. The number of nitrogens with zero attached hydrogens (tertiary/aromatic N) is 1. The van der Waals surface area contributed by atoms with Crippen molar-refractivity contribution in [1.82, 2.24) is 15.2 Å². The van der Waals surface area contributed by atoms with Crippen LogP contribution in [0.4, 0.5) is 4.79 Å². The van der Waals surface area contributed by atoms with Crippen LogP contribution in [0, 0.1) is 0 Å². The van der Waals surface area contributed by atoms with Gasteiger partial charge in [0.25, 0.3) is 5.91 Å². The first-order valence-corrected chi connectivity index (χ1v) is 7.43. The number of amides is 3. The van der Waals surface area contributed by atoms with Crippen molar-refractivity contribution in [1.29, 1.82) is 0 Å². The molecule has 1 aromatic rings. The van der Waals surface area contributed by atoms with Crippen LogP contribution in [0.5, 0.6) is 0 Å². The van der Waals surface area contributed by atoms with Gasteiger partial charge in [-0.05, 0) is 25.0 Å². The van der Waals surface area contributed by atoms with E-state index in [-0.39, 0.29) is 18.2 Å². The van der Waals surface area contributed by atoms with Gasteiger partial charge in [-0.1, -0.05) is 25.7 Å². The van der Waals surface area contributed by atoms with Gasteiger partial charge in [0.2, 0.25) is 0 Å². The second-order valence-corrected chi connectivity index (χ2v) is 5.82. The second-order valence-electron chi connectivity index (χ2n) is 5.82. The van der Waals surface area contributed by atoms with Crippen molar-refractivity contribution in [2.75, 3.05) is 6.54 Å². The Labute approximate surface area is 122 Å². The van der Waals surface area contributed by atoms with Gasteiger partial charge in [0.05, 0.1) is 12.2 Å². The second kappa shape index (κ2) is 5.35. The molecule has 6 heteroatoms. The maximum absolute atomic E-state index is 12.6. The molecule has 0 bridgehead atoms. The minimum Gasteiger partial charge on any atom is -0.359 e. The Hall–Kier alpha value is -2.11. The fourth-order valence-corrected chi connectivity index (χ4v) is 3.22. The van der Waals surface area contributed by atoms with Gasteiger partial charge in [0.1, 0.15) is 5.54 Å². The molecule has 2 fully saturated rings. The Morgan fingerprint density at radius 2 is 1.90 bits per heavy atom. The van der Waals surface area contributed by atoms with E-state index in [0.29, 0.717) is 18.5 Å². The molecule has 3 rings (SSSR count). The number of carbonyl (C=O) groups is 3. The van der Waals surface area contributed by atoms with E-state index in [1.165, 1.54) is 0 Å². The van der Waals surface area contributed by atoms with Crippen LogP contribution in [-0.2, 0) is 4.79 Å². The van der Waals surface area contributed by atoms with Crippen molar-refractivity contribution in [3.63, 3.8) is 0 Å². The van der Waals surface area contributed by atoms with Crippen LogP contribution in [0.1, 0.15) is 49.0 Å². The van der Waals surface area contributed by atoms with E-state index in [9.17, 15) is 14.4 Å². The highest BCUT2D eigenvalue weighted by atomic mass is 16.2. The smallest absolute Gasteiger partial charge is 0.325 e. The topological polar surface area (TPSA) is 82.3 Å². The van der Waals surface area contributed by atoms with E-state index in [1.54, 1.807) is 18.3 Å². The molecule has 0 aromatic carbocycles. The predicted octanol–water partition coefficient (Wildman–Crippen LogP) is 1.84. The Morgan fingerprint density at radius 1 is 1.19 bits per heavy atom. The molecule has 1 aliphatic carbocycles. The van der Waals surface area contributed by atoms with Crippen LogP contribution in [0.15, 0.2) is 18.3 Å². The van der Waals surface area contributed by atoms with Crippen LogP contribution in [0.2, 0.25) is 0 Å². The van der Waals surface area contributed by atoms with E-state index in [0.717, 1.165) is 30.6 Å². The maximum atomic E-state index is 12.6. The van der Waals surface area contributed by atoms with Gasteiger partial charge in [0, 0.05) is 6.20 Å². The van der Waals surface area contributed by atoms with Crippen molar-refractivity contribution in [2.24, 2.45) is 0 Å². The van der Waals surface area contributed by atoms with Crippen LogP contribution in [0.3, 0.4) is 0 Å². The van der Waals surface area contributed by atoms with Crippen LogP contribution >= 0.6 is 0 Å². The van der Waals surface area contributed by atoms with Gasteiger partial charge in [-0.3, -0.25) is 14.5 Å². The number of ketones is 1. The Bertz CT molecular complexity index is 557. The van der Waals surface area contributed by atoms with Gasteiger partial charge >= 0.3 is 6.03 Å². The molecule has 2 heterocycles. The molecule has 0 unspecified atom stereocenters. The third-order valence-corrected chi connectivity index (χ3v) is 4.40. The zero-order chi connectivity index (χ0) is 14.9. The summed E-state index contributed by atoms with van der Waals surface area (Å²) < 4.78 is 0. The van der Waals surface area contributed by atoms with Gasteiger partial charge in [-0.15, -0.1) is 0 Å². The average Bonchev–Trinajstić information content (AvgIpc) is 2.99. The molecule has 1 saturated carbocycles. The molecule has 21 heavy (non-hydrogen) atoms. The predicted molar refractivity (Wildman–Crippen MR) is 75.8 cm³/mol. The van der Waals surface area contributed by atoms with E-state index in [2.05, 4.69) is 10.3 Å². The van der Waals surface area contributed by atoms with Crippen molar-refractivity contribution in [3.05, 3.63) is 24.0 Å². The molecule has 112 valence electrons. The van der Waals surface area contributed by atoms with E-state index >= 15 is 0 Å². The summed E-state index contributed by atoms with van der Waals surface area (Å²) in [6.07, 6.45) is 7.04. The molecule has 2 aliphatic rings. The highest BCUT2D eigenvalue weighted by Crippen LogP contribution is 2.32. The number of hydrogen-bond acceptors (Lipinski definition) is 3. The zero-order valence-corrected chi connectivity index (χ0v) is 11.9. The summed E-state index contributed by atoms with van der Waals surface area (Å²) in [6, 6.07) is 2.91. The minimum atomic E-state index is -0.774. The molecule has 2 N–H and O–H groups in total. The summed E-state index contributed by atoms with van der Waals surface area (Å²) in [5.74, 6) is -0.497. The summed E-state index contributed by atoms with van der Waals surface area (Å²) >= 11 is 0. The SMILES string of the molecule is O=C(CN1C(=O)NC2(CCCCCC2)C1=O)c1ccc[nH]1. The fraction of sp³-hybridized carbons (Fsp3) is 0.533. The number of urea groups is 1.